The van der Waals surface area contributed by atoms with E-state index in [0.717, 1.165) is 19.4 Å². The van der Waals surface area contributed by atoms with Gasteiger partial charge in [0.15, 0.2) is 6.61 Å². The Kier molecular flexibility index (Phi) is 4.06. The van der Waals surface area contributed by atoms with Gasteiger partial charge in [-0.05, 0) is 54.8 Å². The topological polar surface area (TPSA) is 41.6 Å². The number of hydrogen-bond donors (Lipinski definition) is 1. The molecule has 1 N–H and O–H groups in total. The molecule has 1 aliphatic carbocycles. The van der Waals surface area contributed by atoms with Crippen molar-refractivity contribution in [2.75, 3.05) is 13.2 Å². The summed E-state index contributed by atoms with van der Waals surface area (Å²) in [4.78, 5) is 11.9. The molecule has 108 valence electrons. The molecule has 1 saturated heterocycles. The van der Waals surface area contributed by atoms with Gasteiger partial charge in [0.25, 0.3) is 5.91 Å². The monoisotopic (exact) mass is 314 g/mol. The van der Waals surface area contributed by atoms with Crippen LogP contribution in [-0.2, 0) is 4.79 Å². The molecule has 1 amide bonds. The summed E-state index contributed by atoms with van der Waals surface area (Å²) in [6, 6.07) is 7.61. The lowest BCUT2D eigenvalue weighted by atomic mass is 10.0. The SMILES string of the molecule is O=C(COc1ccc(Cl)cc1)NC1CC2CC1CN2Cl. The molecule has 2 fully saturated rings. The number of carbonyl (C=O) groups excluding carboxylic acids is 1. The zero-order valence-electron chi connectivity index (χ0n) is 10.9. The maximum absolute atomic E-state index is 11.9. The molecule has 1 aromatic rings. The van der Waals surface area contributed by atoms with Crippen LogP contribution in [0.1, 0.15) is 12.8 Å². The third-order valence-electron chi connectivity index (χ3n) is 4.00. The Hall–Kier alpha value is -0.970. The van der Waals surface area contributed by atoms with Crippen molar-refractivity contribution in [3.8, 4) is 5.75 Å². The molecule has 3 unspecified atom stereocenters. The van der Waals surface area contributed by atoms with Crippen LogP contribution in [-0.4, -0.2) is 35.6 Å². The van der Waals surface area contributed by atoms with E-state index in [9.17, 15) is 4.79 Å². The lowest BCUT2D eigenvalue weighted by Crippen LogP contribution is -2.45. The fourth-order valence-electron chi connectivity index (χ4n) is 3.00. The summed E-state index contributed by atoms with van der Waals surface area (Å²) >= 11 is 11.8. The highest BCUT2D eigenvalue weighted by molar-refractivity contribution is 6.30. The first-order valence-corrected chi connectivity index (χ1v) is 7.43. The molecule has 2 bridgehead atoms. The summed E-state index contributed by atoms with van der Waals surface area (Å²) in [5.74, 6) is 1.03. The minimum absolute atomic E-state index is 0.0279. The Morgan fingerprint density at radius 3 is 2.70 bits per heavy atom. The minimum Gasteiger partial charge on any atom is -0.484 e. The number of nitrogens with one attached hydrogen (secondary N) is 1. The molecule has 4 nitrogen and oxygen atoms in total. The average Bonchev–Trinajstić information content (AvgIpc) is 2.97. The van der Waals surface area contributed by atoms with Crippen molar-refractivity contribution in [3.63, 3.8) is 0 Å². The number of carbonyl (C=O) groups is 1. The Labute approximate surface area is 128 Å². The van der Waals surface area contributed by atoms with Gasteiger partial charge in [-0.1, -0.05) is 11.6 Å². The maximum Gasteiger partial charge on any atom is 0.258 e. The molecule has 1 saturated carbocycles. The Morgan fingerprint density at radius 2 is 2.10 bits per heavy atom. The van der Waals surface area contributed by atoms with Crippen molar-refractivity contribution in [3.05, 3.63) is 29.3 Å². The van der Waals surface area contributed by atoms with Crippen LogP contribution in [0.2, 0.25) is 5.02 Å². The van der Waals surface area contributed by atoms with Gasteiger partial charge in [0.05, 0.1) is 0 Å². The van der Waals surface area contributed by atoms with Crippen LogP contribution in [0.4, 0.5) is 0 Å². The number of hydrogen-bond acceptors (Lipinski definition) is 3. The van der Waals surface area contributed by atoms with Gasteiger partial charge in [0, 0.05) is 23.7 Å². The normalized spacial score (nSPS) is 28.6. The van der Waals surface area contributed by atoms with Crippen LogP contribution in [0.25, 0.3) is 0 Å². The number of nitrogens with zero attached hydrogens (tertiary/aromatic N) is 1. The van der Waals surface area contributed by atoms with Gasteiger partial charge in [0.1, 0.15) is 5.75 Å². The van der Waals surface area contributed by atoms with Crippen molar-refractivity contribution in [2.45, 2.75) is 24.9 Å². The summed E-state index contributed by atoms with van der Waals surface area (Å²) in [5.41, 5.74) is 0. The predicted molar refractivity (Wildman–Crippen MR) is 77.9 cm³/mol. The third-order valence-corrected chi connectivity index (χ3v) is 4.67. The molecule has 2 aliphatic rings. The van der Waals surface area contributed by atoms with Crippen LogP contribution in [0, 0.1) is 5.92 Å². The van der Waals surface area contributed by atoms with Gasteiger partial charge >= 0.3 is 0 Å². The fraction of sp³-hybridized carbons (Fsp3) is 0.500. The number of rotatable bonds is 4. The van der Waals surface area contributed by atoms with E-state index in [-0.39, 0.29) is 18.6 Å². The Morgan fingerprint density at radius 1 is 1.35 bits per heavy atom. The Balaban J connectivity index is 1.45. The lowest BCUT2D eigenvalue weighted by molar-refractivity contribution is -0.124. The van der Waals surface area contributed by atoms with E-state index in [1.54, 1.807) is 24.3 Å². The van der Waals surface area contributed by atoms with E-state index >= 15 is 0 Å². The summed E-state index contributed by atoms with van der Waals surface area (Å²) in [6.45, 7) is 0.884. The van der Waals surface area contributed by atoms with Crippen molar-refractivity contribution in [1.82, 2.24) is 9.74 Å². The third kappa shape index (κ3) is 3.03. The molecule has 1 aromatic carbocycles. The number of amides is 1. The molecule has 0 aromatic heterocycles. The molecule has 3 rings (SSSR count). The van der Waals surface area contributed by atoms with E-state index < -0.39 is 0 Å². The van der Waals surface area contributed by atoms with Crippen LogP contribution in [0.15, 0.2) is 24.3 Å². The molecule has 0 spiro atoms. The second kappa shape index (κ2) is 5.80. The van der Waals surface area contributed by atoms with Gasteiger partial charge in [-0.3, -0.25) is 4.79 Å². The maximum atomic E-state index is 11.9. The summed E-state index contributed by atoms with van der Waals surface area (Å²) < 4.78 is 7.29. The zero-order valence-corrected chi connectivity index (χ0v) is 12.4. The second-order valence-corrected chi connectivity index (χ2v) is 6.25. The first-order chi connectivity index (χ1) is 9.61. The van der Waals surface area contributed by atoms with E-state index in [2.05, 4.69) is 5.32 Å². The molecule has 3 atom stereocenters. The second-order valence-electron chi connectivity index (χ2n) is 5.38. The van der Waals surface area contributed by atoms with E-state index in [4.69, 9.17) is 28.1 Å². The molecule has 6 heteroatoms. The van der Waals surface area contributed by atoms with Crippen LogP contribution in [0.3, 0.4) is 0 Å². The fourth-order valence-corrected chi connectivity index (χ4v) is 3.47. The van der Waals surface area contributed by atoms with Gasteiger partial charge in [-0.2, -0.15) is 0 Å². The average molecular weight is 315 g/mol. The number of fused-ring (bicyclic) bond motifs is 2. The largest absolute Gasteiger partial charge is 0.484 e. The molecular weight excluding hydrogens is 299 g/mol. The summed E-state index contributed by atoms with van der Waals surface area (Å²) in [6.07, 6.45) is 2.01. The highest BCUT2D eigenvalue weighted by Crippen LogP contribution is 2.38. The zero-order chi connectivity index (χ0) is 14.1. The van der Waals surface area contributed by atoms with Crippen molar-refractivity contribution in [2.24, 2.45) is 5.92 Å². The molecule has 1 heterocycles. The van der Waals surface area contributed by atoms with Crippen LogP contribution >= 0.6 is 23.4 Å². The van der Waals surface area contributed by atoms with E-state index in [1.165, 1.54) is 0 Å². The van der Waals surface area contributed by atoms with Crippen molar-refractivity contribution < 1.29 is 9.53 Å². The predicted octanol–water partition coefficient (Wildman–Crippen LogP) is 2.45. The number of piperidine rings is 1. The molecule has 20 heavy (non-hydrogen) atoms. The first kappa shape index (κ1) is 14.0. The summed E-state index contributed by atoms with van der Waals surface area (Å²) in [5, 5.41) is 3.68. The van der Waals surface area contributed by atoms with Gasteiger partial charge in [-0.25, -0.2) is 4.42 Å². The quantitative estimate of drug-likeness (QED) is 0.868. The molecular formula is C14H16Cl2N2O2. The van der Waals surface area contributed by atoms with Crippen molar-refractivity contribution in [1.29, 1.82) is 0 Å². The lowest BCUT2D eigenvalue weighted by Gasteiger charge is -2.27. The molecule has 0 radical (unpaired) electrons. The smallest absolute Gasteiger partial charge is 0.258 e. The van der Waals surface area contributed by atoms with Gasteiger partial charge in [0.2, 0.25) is 0 Å². The van der Waals surface area contributed by atoms with Gasteiger partial charge < -0.3 is 10.1 Å². The first-order valence-electron chi connectivity index (χ1n) is 6.72. The molecule has 1 aliphatic heterocycles. The highest BCUT2D eigenvalue weighted by Gasteiger charge is 2.44. The summed E-state index contributed by atoms with van der Waals surface area (Å²) in [7, 11) is 0. The number of halogens is 2. The van der Waals surface area contributed by atoms with Crippen LogP contribution < -0.4 is 10.1 Å². The van der Waals surface area contributed by atoms with Gasteiger partial charge in [-0.15, -0.1) is 0 Å². The highest BCUT2D eigenvalue weighted by atomic mass is 35.5. The van der Waals surface area contributed by atoms with Crippen LogP contribution in [0.5, 0.6) is 5.75 Å². The van der Waals surface area contributed by atoms with E-state index in [0.29, 0.717) is 22.7 Å². The standard InChI is InChI=1S/C14H16Cl2N2O2/c15-10-1-3-12(4-2-10)20-8-14(19)17-13-6-11-5-9(13)7-18(11)16/h1-4,9,11,13H,5-8H2,(H,17,19). The minimum atomic E-state index is -0.0846. The van der Waals surface area contributed by atoms with Crippen molar-refractivity contribution >= 4 is 29.3 Å². The van der Waals surface area contributed by atoms with E-state index in [1.807, 2.05) is 4.42 Å². The Bertz CT molecular complexity index is 492. The number of benzene rings is 1. The number of ether oxygens (including phenoxy) is 1.